The number of H-pyrrole nitrogens is 1. The Bertz CT molecular complexity index is 1010. The van der Waals surface area contributed by atoms with Crippen LogP contribution < -0.4 is 5.69 Å². The number of nitrogens with zero attached hydrogens (tertiary/aromatic N) is 2. The molecule has 1 saturated carbocycles. The zero-order valence-corrected chi connectivity index (χ0v) is 15.8. The Morgan fingerprint density at radius 2 is 1.85 bits per heavy atom. The molecule has 0 radical (unpaired) electrons. The number of nitrogens with one attached hydrogen (secondary N) is 1. The number of imidazole rings is 1. The number of aromatic nitrogens is 2. The van der Waals surface area contributed by atoms with Crippen LogP contribution in [0.15, 0.2) is 53.3 Å². The van der Waals surface area contributed by atoms with Crippen molar-refractivity contribution in [2.24, 2.45) is 0 Å². The molecular formula is C22H25N3O2. The van der Waals surface area contributed by atoms with Gasteiger partial charge in [-0.25, -0.2) is 4.79 Å². The topological polar surface area (TPSA) is 58.1 Å². The van der Waals surface area contributed by atoms with E-state index in [4.69, 9.17) is 0 Å². The predicted molar refractivity (Wildman–Crippen MR) is 107 cm³/mol. The largest absolute Gasteiger partial charge is 0.334 e. The third-order valence-electron chi connectivity index (χ3n) is 5.28. The molecule has 27 heavy (non-hydrogen) atoms. The molecule has 1 aliphatic rings. The van der Waals surface area contributed by atoms with Crippen LogP contribution in [-0.2, 0) is 17.9 Å². The number of carbonyl (C=O) groups excluding carboxylic acids is 1. The Morgan fingerprint density at radius 3 is 2.52 bits per heavy atom. The smallest absolute Gasteiger partial charge is 0.326 e. The highest BCUT2D eigenvalue weighted by Gasteiger charge is 2.32. The lowest BCUT2D eigenvalue weighted by atomic mass is 10.0. The fourth-order valence-electron chi connectivity index (χ4n) is 3.50. The van der Waals surface area contributed by atoms with Crippen molar-refractivity contribution in [1.82, 2.24) is 14.5 Å². The van der Waals surface area contributed by atoms with Gasteiger partial charge in [0.15, 0.2) is 0 Å². The zero-order valence-electron chi connectivity index (χ0n) is 15.8. The lowest BCUT2D eigenvalue weighted by Crippen LogP contribution is -2.37. The van der Waals surface area contributed by atoms with E-state index in [1.807, 2.05) is 29.2 Å². The maximum atomic E-state index is 13.0. The van der Waals surface area contributed by atoms with Crippen molar-refractivity contribution in [3.05, 3.63) is 70.1 Å². The van der Waals surface area contributed by atoms with E-state index in [0.717, 1.165) is 29.4 Å². The molecule has 1 N–H and O–H groups in total. The zero-order chi connectivity index (χ0) is 19.0. The summed E-state index contributed by atoms with van der Waals surface area (Å²) in [5.74, 6) is 0.492. The van der Waals surface area contributed by atoms with Crippen LogP contribution in [0.1, 0.15) is 43.7 Å². The molecule has 5 heteroatoms. The number of fused-ring (bicyclic) bond motifs is 1. The van der Waals surface area contributed by atoms with Gasteiger partial charge < -0.3 is 9.88 Å². The van der Waals surface area contributed by atoms with Crippen molar-refractivity contribution < 1.29 is 4.79 Å². The molecule has 1 amide bonds. The van der Waals surface area contributed by atoms with Crippen LogP contribution >= 0.6 is 0 Å². The monoisotopic (exact) mass is 363 g/mol. The molecular weight excluding hydrogens is 338 g/mol. The molecule has 0 spiro atoms. The Labute approximate surface area is 158 Å². The SMILES string of the molecule is CC(C)c1ccc(CN(C(=O)Cn2c(=O)[nH]c3ccccc32)C2CC2)cc1. The summed E-state index contributed by atoms with van der Waals surface area (Å²) in [6.45, 7) is 5.02. The summed E-state index contributed by atoms with van der Waals surface area (Å²) in [5, 5.41) is 0. The Balaban J connectivity index is 1.54. The first kappa shape index (κ1) is 17.6. The summed E-state index contributed by atoms with van der Waals surface area (Å²) in [6.07, 6.45) is 2.08. The third-order valence-corrected chi connectivity index (χ3v) is 5.28. The first-order valence-electron chi connectivity index (χ1n) is 9.59. The van der Waals surface area contributed by atoms with Crippen molar-refractivity contribution in [2.45, 2.75) is 51.7 Å². The fraction of sp³-hybridized carbons (Fsp3) is 0.364. The summed E-state index contributed by atoms with van der Waals surface area (Å²) < 4.78 is 1.54. The molecule has 1 heterocycles. The summed E-state index contributed by atoms with van der Waals surface area (Å²) in [4.78, 5) is 30.0. The van der Waals surface area contributed by atoms with Gasteiger partial charge in [-0.2, -0.15) is 0 Å². The second-order valence-corrected chi connectivity index (χ2v) is 7.68. The van der Waals surface area contributed by atoms with Crippen LogP contribution in [0.25, 0.3) is 11.0 Å². The Morgan fingerprint density at radius 1 is 1.15 bits per heavy atom. The number of rotatable bonds is 6. The van der Waals surface area contributed by atoms with E-state index in [9.17, 15) is 9.59 Å². The highest BCUT2D eigenvalue weighted by Crippen LogP contribution is 2.29. The number of carbonyl (C=O) groups is 1. The number of hydrogen-bond acceptors (Lipinski definition) is 2. The summed E-state index contributed by atoms with van der Waals surface area (Å²) in [6, 6.07) is 16.3. The van der Waals surface area contributed by atoms with E-state index in [-0.39, 0.29) is 18.1 Å². The fourth-order valence-corrected chi connectivity index (χ4v) is 3.50. The van der Waals surface area contributed by atoms with Gasteiger partial charge in [0.2, 0.25) is 5.91 Å². The standard InChI is InChI=1S/C22H25N3O2/c1-15(2)17-9-7-16(8-10-17)13-24(18-11-12-18)21(26)14-25-20-6-4-3-5-19(20)23-22(25)27/h3-10,15,18H,11-14H2,1-2H3,(H,23,27). The van der Waals surface area contributed by atoms with Crippen LogP contribution in [-0.4, -0.2) is 26.4 Å². The van der Waals surface area contributed by atoms with E-state index < -0.39 is 0 Å². The van der Waals surface area contributed by atoms with Crippen molar-refractivity contribution in [1.29, 1.82) is 0 Å². The van der Waals surface area contributed by atoms with Gasteiger partial charge in [0, 0.05) is 12.6 Å². The lowest BCUT2D eigenvalue weighted by molar-refractivity contribution is -0.133. The molecule has 0 bridgehead atoms. The minimum atomic E-state index is -0.235. The van der Waals surface area contributed by atoms with Gasteiger partial charge in [-0.1, -0.05) is 50.2 Å². The number of amides is 1. The number of para-hydroxylation sites is 2. The van der Waals surface area contributed by atoms with Gasteiger partial charge in [-0.15, -0.1) is 0 Å². The number of hydrogen-bond donors (Lipinski definition) is 1. The Kier molecular flexibility index (Phi) is 4.60. The minimum Gasteiger partial charge on any atom is -0.334 e. The average Bonchev–Trinajstić information content (AvgIpc) is 3.45. The van der Waals surface area contributed by atoms with Crippen molar-refractivity contribution >= 4 is 16.9 Å². The van der Waals surface area contributed by atoms with E-state index >= 15 is 0 Å². The van der Waals surface area contributed by atoms with Gasteiger partial charge in [-0.05, 0) is 42.0 Å². The predicted octanol–water partition coefficient (Wildman–Crippen LogP) is 3.64. The third kappa shape index (κ3) is 3.68. The highest BCUT2D eigenvalue weighted by atomic mass is 16.2. The van der Waals surface area contributed by atoms with Crippen molar-refractivity contribution in [3.8, 4) is 0 Å². The van der Waals surface area contributed by atoms with Gasteiger partial charge in [0.1, 0.15) is 6.54 Å². The molecule has 0 aliphatic heterocycles. The summed E-state index contributed by atoms with van der Waals surface area (Å²) in [7, 11) is 0. The molecule has 0 unspecified atom stereocenters. The molecule has 0 atom stereocenters. The number of benzene rings is 2. The van der Waals surface area contributed by atoms with E-state index in [1.54, 1.807) is 0 Å². The molecule has 3 aromatic rings. The first-order chi connectivity index (χ1) is 13.0. The van der Waals surface area contributed by atoms with Crippen LogP contribution in [0.3, 0.4) is 0 Å². The van der Waals surface area contributed by atoms with Gasteiger partial charge in [-0.3, -0.25) is 9.36 Å². The average molecular weight is 363 g/mol. The van der Waals surface area contributed by atoms with Crippen LogP contribution in [0, 0.1) is 0 Å². The molecule has 2 aromatic carbocycles. The van der Waals surface area contributed by atoms with E-state index in [2.05, 4.69) is 43.1 Å². The van der Waals surface area contributed by atoms with E-state index in [0.29, 0.717) is 18.5 Å². The highest BCUT2D eigenvalue weighted by molar-refractivity contribution is 5.81. The molecule has 5 nitrogen and oxygen atoms in total. The lowest BCUT2D eigenvalue weighted by Gasteiger charge is -2.23. The molecule has 4 rings (SSSR count). The summed E-state index contributed by atoms with van der Waals surface area (Å²) in [5.41, 5.74) is 3.73. The summed E-state index contributed by atoms with van der Waals surface area (Å²) >= 11 is 0. The second kappa shape index (κ2) is 7.06. The van der Waals surface area contributed by atoms with Crippen LogP contribution in [0.4, 0.5) is 0 Å². The first-order valence-corrected chi connectivity index (χ1v) is 9.59. The minimum absolute atomic E-state index is 0.00251. The Hall–Kier alpha value is -2.82. The molecule has 1 fully saturated rings. The van der Waals surface area contributed by atoms with Gasteiger partial charge in [0.05, 0.1) is 11.0 Å². The molecule has 0 saturated heterocycles. The maximum absolute atomic E-state index is 13.0. The van der Waals surface area contributed by atoms with Crippen molar-refractivity contribution in [2.75, 3.05) is 0 Å². The molecule has 1 aromatic heterocycles. The van der Waals surface area contributed by atoms with Gasteiger partial charge in [0.25, 0.3) is 0 Å². The van der Waals surface area contributed by atoms with Crippen LogP contribution in [0.5, 0.6) is 0 Å². The molecule has 1 aliphatic carbocycles. The van der Waals surface area contributed by atoms with Gasteiger partial charge >= 0.3 is 5.69 Å². The normalized spacial score (nSPS) is 14.0. The maximum Gasteiger partial charge on any atom is 0.326 e. The van der Waals surface area contributed by atoms with Crippen LogP contribution in [0.2, 0.25) is 0 Å². The number of aromatic amines is 1. The van der Waals surface area contributed by atoms with Crippen molar-refractivity contribution in [3.63, 3.8) is 0 Å². The van der Waals surface area contributed by atoms with E-state index in [1.165, 1.54) is 10.1 Å². The second-order valence-electron chi connectivity index (χ2n) is 7.68. The molecule has 140 valence electrons. The quantitative estimate of drug-likeness (QED) is 0.727.